The van der Waals surface area contributed by atoms with Crippen LogP contribution in [0.4, 0.5) is 4.39 Å². The summed E-state index contributed by atoms with van der Waals surface area (Å²) in [5.74, 6) is -1.54. The molecule has 28 heavy (non-hydrogen) atoms. The molecule has 0 aromatic carbocycles. The zero-order valence-corrected chi connectivity index (χ0v) is 16.8. The second-order valence-corrected chi connectivity index (χ2v) is 10.2. The first-order chi connectivity index (χ1) is 13.0. The lowest BCUT2D eigenvalue weighted by atomic mass is 9.45. The molecule has 9 atom stereocenters. The summed E-state index contributed by atoms with van der Waals surface area (Å²) >= 11 is 0. The van der Waals surface area contributed by atoms with Crippen molar-refractivity contribution in [2.24, 2.45) is 34.5 Å². The average molecular weight is 394 g/mol. The summed E-state index contributed by atoms with van der Waals surface area (Å²) in [6, 6.07) is 0. The Balaban J connectivity index is 1.80. The molecule has 3 saturated carbocycles. The maximum Gasteiger partial charge on any atom is 0.190 e. The maximum atomic E-state index is 15.3. The lowest BCUT2D eigenvalue weighted by Gasteiger charge is -2.61. The number of rotatable bonds is 2. The first-order valence-corrected chi connectivity index (χ1v) is 10.4. The number of halogens is 1. The van der Waals surface area contributed by atoms with Crippen LogP contribution in [0.3, 0.4) is 0 Å². The Bertz CT molecular complexity index is 749. The van der Waals surface area contributed by atoms with Gasteiger partial charge >= 0.3 is 0 Å². The summed E-state index contributed by atoms with van der Waals surface area (Å²) < 4.78 is 15.3. The molecule has 0 saturated heterocycles. The smallest absolute Gasteiger partial charge is 0.190 e. The van der Waals surface area contributed by atoms with Crippen LogP contribution in [0.25, 0.3) is 0 Å². The Labute approximate surface area is 165 Å². The molecular formula is C22H31FO5. The van der Waals surface area contributed by atoms with Crippen molar-refractivity contribution in [1.82, 2.24) is 0 Å². The van der Waals surface area contributed by atoms with Gasteiger partial charge in [-0.25, -0.2) is 4.39 Å². The second-order valence-electron chi connectivity index (χ2n) is 10.2. The van der Waals surface area contributed by atoms with Crippen molar-refractivity contribution in [1.29, 1.82) is 0 Å². The van der Waals surface area contributed by atoms with Crippen LogP contribution in [-0.2, 0) is 9.59 Å². The standard InChI is InChI=1S/C22H31FO5/c1-11-6-14-13-8-16(23)15-7-12(25)4-5-20(15,2)19(13)17(26)9-21(14,3)22(11,28)18(27)10-24/h7,11,13-14,16-17,19,24,26,28H,4-6,8-10H2,1-3H3. The number of carbonyl (C=O) groups excluding carboxylic acids is 2. The number of Topliss-reactive ketones (excluding diaryl/α,β-unsaturated/α-hetero) is 1. The van der Waals surface area contributed by atoms with Gasteiger partial charge in [0.1, 0.15) is 18.4 Å². The van der Waals surface area contributed by atoms with Gasteiger partial charge in [-0.05, 0) is 66.4 Å². The zero-order valence-electron chi connectivity index (χ0n) is 16.8. The maximum absolute atomic E-state index is 15.3. The van der Waals surface area contributed by atoms with Gasteiger partial charge in [0.05, 0.1) is 6.10 Å². The summed E-state index contributed by atoms with van der Waals surface area (Å²) in [6.07, 6.45) is 1.28. The fourth-order valence-corrected chi connectivity index (χ4v) is 7.74. The molecule has 9 unspecified atom stereocenters. The third-order valence-electron chi connectivity index (χ3n) is 9.02. The molecule has 0 bridgehead atoms. The van der Waals surface area contributed by atoms with Crippen LogP contribution in [0, 0.1) is 34.5 Å². The number of hydrogen-bond donors (Lipinski definition) is 3. The molecule has 0 heterocycles. The van der Waals surface area contributed by atoms with Crippen molar-refractivity contribution in [2.75, 3.05) is 6.61 Å². The molecule has 156 valence electrons. The normalized spacial score (nSPS) is 53.1. The predicted molar refractivity (Wildman–Crippen MR) is 100.0 cm³/mol. The monoisotopic (exact) mass is 394 g/mol. The van der Waals surface area contributed by atoms with E-state index in [1.54, 1.807) is 6.92 Å². The SMILES string of the molecule is CC1CC2C3CC(F)C4=CC(=O)CCC4(C)C3C(O)CC2(C)C1(O)C(=O)CO. The van der Waals surface area contributed by atoms with Gasteiger partial charge in [-0.3, -0.25) is 9.59 Å². The second kappa shape index (κ2) is 6.19. The van der Waals surface area contributed by atoms with Crippen molar-refractivity contribution < 1.29 is 29.3 Å². The van der Waals surface area contributed by atoms with E-state index in [1.807, 2.05) is 13.8 Å². The molecular weight excluding hydrogens is 363 g/mol. The van der Waals surface area contributed by atoms with Crippen LogP contribution >= 0.6 is 0 Å². The number of aliphatic hydroxyl groups is 3. The zero-order chi connectivity index (χ0) is 20.6. The van der Waals surface area contributed by atoms with E-state index in [0.29, 0.717) is 24.8 Å². The molecule has 0 spiro atoms. The molecule has 6 heteroatoms. The Morgan fingerprint density at radius 2 is 2.00 bits per heavy atom. The molecule has 0 aromatic rings. The molecule has 3 fully saturated rings. The van der Waals surface area contributed by atoms with E-state index in [-0.39, 0.29) is 42.3 Å². The summed E-state index contributed by atoms with van der Waals surface area (Å²) in [5.41, 5.74) is -2.69. The number of allylic oxidation sites excluding steroid dienone is 1. The van der Waals surface area contributed by atoms with E-state index in [1.165, 1.54) is 6.08 Å². The number of ketones is 2. The van der Waals surface area contributed by atoms with Gasteiger partial charge < -0.3 is 15.3 Å². The van der Waals surface area contributed by atoms with Gasteiger partial charge in [-0.2, -0.15) is 0 Å². The molecule has 0 aromatic heterocycles. The van der Waals surface area contributed by atoms with Crippen LogP contribution in [0.15, 0.2) is 11.6 Å². The number of carbonyl (C=O) groups is 2. The molecule has 4 aliphatic rings. The van der Waals surface area contributed by atoms with Crippen LogP contribution in [-0.4, -0.2) is 51.4 Å². The van der Waals surface area contributed by atoms with Crippen LogP contribution in [0.2, 0.25) is 0 Å². The molecule has 0 amide bonds. The number of hydrogen-bond acceptors (Lipinski definition) is 5. The van der Waals surface area contributed by atoms with E-state index in [9.17, 15) is 24.9 Å². The van der Waals surface area contributed by atoms with Crippen molar-refractivity contribution in [3.8, 4) is 0 Å². The van der Waals surface area contributed by atoms with Gasteiger partial charge in [0, 0.05) is 11.8 Å². The van der Waals surface area contributed by atoms with E-state index < -0.39 is 41.1 Å². The topological polar surface area (TPSA) is 94.8 Å². The highest BCUT2D eigenvalue weighted by Gasteiger charge is 2.71. The predicted octanol–water partition coefficient (Wildman–Crippen LogP) is 1.98. The first-order valence-electron chi connectivity index (χ1n) is 10.4. The highest BCUT2D eigenvalue weighted by molar-refractivity contribution is 5.92. The van der Waals surface area contributed by atoms with Gasteiger partial charge in [0.2, 0.25) is 0 Å². The number of alkyl halides is 1. The molecule has 5 nitrogen and oxygen atoms in total. The molecule has 4 aliphatic carbocycles. The third kappa shape index (κ3) is 2.28. The fourth-order valence-electron chi connectivity index (χ4n) is 7.74. The van der Waals surface area contributed by atoms with E-state index in [4.69, 9.17) is 0 Å². The van der Waals surface area contributed by atoms with Crippen molar-refractivity contribution >= 4 is 11.6 Å². The van der Waals surface area contributed by atoms with E-state index >= 15 is 4.39 Å². The largest absolute Gasteiger partial charge is 0.393 e. The van der Waals surface area contributed by atoms with Crippen LogP contribution in [0.1, 0.15) is 52.9 Å². The first kappa shape index (κ1) is 20.2. The summed E-state index contributed by atoms with van der Waals surface area (Å²) in [6.45, 7) is 4.84. The molecule has 0 aliphatic heterocycles. The Kier molecular flexibility index (Phi) is 4.46. The Morgan fingerprint density at radius 1 is 1.32 bits per heavy atom. The number of fused-ring (bicyclic) bond motifs is 5. The minimum atomic E-state index is -1.72. The van der Waals surface area contributed by atoms with Crippen molar-refractivity contribution in [3.05, 3.63) is 11.6 Å². The highest BCUT2D eigenvalue weighted by atomic mass is 19.1. The highest BCUT2D eigenvalue weighted by Crippen LogP contribution is 2.69. The van der Waals surface area contributed by atoms with Crippen molar-refractivity contribution in [3.63, 3.8) is 0 Å². The summed E-state index contributed by atoms with van der Waals surface area (Å²) in [5, 5.41) is 32.1. The number of aliphatic hydroxyl groups excluding tert-OH is 2. The quantitative estimate of drug-likeness (QED) is 0.666. The molecule has 3 N–H and O–H groups in total. The third-order valence-corrected chi connectivity index (χ3v) is 9.02. The van der Waals surface area contributed by atoms with Gasteiger partial charge in [-0.15, -0.1) is 0 Å². The van der Waals surface area contributed by atoms with E-state index in [0.717, 1.165) is 0 Å². The lowest BCUT2D eigenvalue weighted by molar-refractivity contribution is -0.189. The van der Waals surface area contributed by atoms with Crippen molar-refractivity contribution in [2.45, 2.75) is 70.8 Å². The van der Waals surface area contributed by atoms with Gasteiger partial charge in [0.15, 0.2) is 11.6 Å². The molecule has 0 radical (unpaired) electrons. The van der Waals surface area contributed by atoms with Crippen LogP contribution < -0.4 is 0 Å². The lowest BCUT2D eigenvalue weighted by Crippen LogP contribution is -2.63. The minimum absolute atomic E-state index is 0.0545. The van der Waals surface area contributed by atoms with Gasteiger partial charge in [-0.1, -0.05) is 20.8 Å². The minimum Gasteiger partial charge on any atom is -0.393 e. The molecule has 4 rings (SSSR count). The average Bonchev–Trinajstić information content (AvgIpc) is 2.83. The Hall–Kier alpha value is -1.11. The van der Waals surface area contributed by atoms with Crippen LogP contribution in [0.5, 0.6) is 0 Å². The Morgan fingerprint density at radius 3 is 2.64 bits per heavy atom. The summed E-state index contributed by atoms with van der Waals surface area (Å²) in [7, 11) is 0. The fraction of sp³-hybridized carbons (Fsp3) is 0.818. The van der Waals surface area contributed by atoms with E-state index in [2.05, 4.69) is 0 Å². The van der Waals surface area contributed by atoms with Gasteiger partial charge in [0.25, 0.3) is 0 Å². The summed E-state index contributed by atoms with van der Waals surface area (Å²) in [4.78, 5) is 24.5.